The zero-order valence-electron chi connectivity index (χ0n) is 17.2. The SMILES string of the molecule is O=C(OC(CN1CCN(c2ccccn2)CC1)Cn1c(O)ccc1O)c1ccccc1. The minimum Gasteiger partial charge on any atom is -0.494 e. The number of anilines is 1. The van der Waals surface area contributed by atoms with E-state index in [2.05, 4.69) is 14.8 Å². The lowest BCUT2D eigenvalue weighted by molar-refractivity contribution is 0.0137. The zero-order chi connectivity index (χ0) is 21.6. The molecule has 1 aliphatic heterocycles. The van der Waals surface area contributed by atoms with Crippen molar-refractivity contribution in [3.05, 3.63) is 72.4 Å². The van der Waals surface area contributed by atoms with Crippen LogP contribution < -0.4 is 4.90 Å². The van der Waals surface area contributed by atoms with Gasteiger partial charge in [-0.25, -0.2) is 9.78 Å². The number of pyridine rings is 1. The Labute approximate surface area is 180 Å². The Kier molecular flexibility index (Phi) is 6.37. The van der Waals surface area contributed by atoms with E-state index >= 15 is 0 Å². The van der Waals surface area contributed by atoms with Crippen LogP contribution in [-0.4, -0.2) is 69.5 Å². The quantitative estimate of drug-likeness (QED) is 0.565. The highest BCUT2D eigenvalue weighted by molar-refractivity contribution is 5.89. The van der Waals surface area contributed by atoms with Gasteiger partial charge in [0.15, 0.2) is 11.8 Å². The molecule has 0 amide bonds. The second-order valence-corrected chi connectivity index (χ2v) is 7.53. The Morgan fingerprint density at radius 1 is 0.903 bits per heavy atom. The first-order valence-electron chi connectivity index (χ1n) is 10.3. The molecule has 2 N–H and O–H groups in total. The highest BCUT2D eigenvalue weighted by Gasteiger charge is 2.25. The summed E-state index contributed by atoms with van der Waals surface area (Å²) in [7, 11) is 0. The van der Waals surface area contributed by atoms with Crippen LogP contribution in [0, 0.1) is 0 Å². The molecule has 3 heterocycles. The minimum atomic E-state index is -0.543. The molecule has 4 rings (SSSR count). The van der Waals surface area contributed by atoms with Crippen LogP contribution in [0.5, 0.6) is 11.8 Å². The number of esters is 1. The van der Waals surface area contributed by atoms with E-state index in [1.807, 2.05) is 24.3 Å². The smallest absolute Gasteiger partial charge is 0.338 e. The lowest BCUT2D eigenvalue weighted by atomic mass is 10.2. The van der Waals surface area contributed by atoms with Gasteiger partial charge in [-0.2, -0.15) is 0 Å². The Bertz CT molecular complexity index is 966. The van der Waals surface area contributed by atoms with Crippen LogP contribution in [0.1, 0.15) is 10.4 Å². The van der Waals surface area contributed by atoms with Gasteiger partial charge in [0, 0.05) is 51.1 Å². The summed E-state index contributed by atoms with van der Waals surface area (Å²) in [6, 6.07) is 17.5. The summed E-state index contributed by atoms with van der Waals surface area (Å²) in [6.45, 7) is 3.86. The fourth-order valence-electron chi connectivity index (χ4n) is 3.75. The third-order valence-electron chi connectivity index (χ3n) is 5.41. The standard InChI is InChI=1S/C23H26N4O4/c28-21-9-10-22(29)27(21)17-19(31-23(30)18-6-2-1-3-7-18)16-25-12-14-26(15-13-25)20-8-4-5-11-24-20/h1-11,19,28-29H,12-17H2. The van der Waals surface area contributed by atoms with Gasteiger partial charge >= 0.3 is 5.97 Å². The average Bonchev–Trinajstić information content (AvgIpc) is 3.12. The van der Waals surface area contributed by atoms with E-state index in [1.165, 1.54) is 16.7 Å². The van der Waals surface area contributed by atoms with Crippen LogP contribution in [-0.2, 0) is 11.3 Å². The number of carbonyl (C=O) groups is 1. The van der Waals surface area contributed by atoms with Gasteiger partial charge in [-0.05, 0) is 24.3 Å². The van der Waals surface area contributed by atoms with Crippen LogP contribution in [0.25, 0.3) is 0 Å². The number of aromatic nitrogens is 2. The van der Waals surface area contributed by atoms with E-state index in [-0.39, 0.29) is 18.3 Å². The van der Waals surface area contributed by atoms with Crippen molar-refractivity contribution >= 4 is 11.8 Å². The molecule has 0 bridgehead atoms. The second-order valence-electron chi connectivity index (χ2n) is 7.53. The maximum absolute atomic E-state index is 12.6. The summed E-state index contributed by atoms with van der Waals surface area (Å²) in [5.74, 6) is 0.386. The summed E-state index contributed by atoms with van der Waals surface area (Å²) in [5.41, 5.74) is 0.466. The van der Waals surface area contributed by atoms with E-state index in [4.69, 9.17) is 4.74 Å². The van der Waals surface area contributed by atoms with Crippen LogP contribution >= 0.6 is 0 Å². The third-order valence-corrected chi connectivity index (χ3v) is 5.41. The van der Waals surface area contributed by atoms with E-state index in [0.717, 1.165) is 32.0 Å². The fourth-order valence-corrected chi connectivity index (χ4v) is 3.75. The minimum absolute atomic E-state index is 0.0711. The Morgan fingerprint density at radius 2 is 1.58 bits per heavy atom. The summed E-state index contributed by atoms with van der Waals surface area (Å²) >= 11 is 0. The molecule has 1 saturated heterocycles. The van der Waals surface area contributed by atoms with Crippen molar-refractivity contribution < 1.29 is 19.7 Å². The second kappa shape index (κ2) is 9.53. The Morgan fingerprint density at radius 3 is 2.23 bits per heavy atom. The Hall–Kier alpha value is -3.52. The normalized spacial score (nSPS) is 15.5. The number of carbonyl (C=O) groups excluding carboxylic acids is 1. The van der Waals surface area contributed by atoms with E-state index in [9.17, 15) is 15.0 Å². The van der Waals surface area contributed by atoms with Crippen molar-refractivity contribution in [1.29, 1.82) is 0 Å². The number of piperazine rings is 1. The number of nitrogens with zero attached hydrogens (tertiary/aromatic N) is 4. The predicted octanol–water partition coefficient (Wildman–Crippen LogP) is 2.34. The van der Waals surface area contributed by atoms with Crippen LogP contribution in [0.2, 0.25) is 0 Å². The summed E-state index contributed by atoms with van der Waals surface area (Å²) < 4.78 is 7.12. The molecule has 0 spiro atoms. The van der Waals surface area contributed by atoms with Gasteiger partial charge in [0.2, 0.25) is 0 Å². The van der Waals surface area contributed by atoms with E-state index < -0.39 is 12.1 Å². The maximum Gasteiger partial charge on any atom is 0.338 e. The molecule has 1 aliphatic rings. The molecule has 0 radical (unpaired) electrons. The summed E-state index contributed by atoms with van der Waals surface area (Å²) in [6.07, 6.45) is 1.25. The third kappa shape index (κ3) is 5.16. The van der Waals surface area contributed by atoms with Gasteiger partial charge in [-0.1, -0.05) is 24.3 Å². The van der Waals surface area contributed by atoms with Crippen LogP contribution in [0.4, 0.5) is 5.82 Å². The van der Waals surface area contributed by atoms with Crippen molar-refractivity contribution in [2.75, 3.05) is 37.6 Å². The molecule has 1 aromatic carbocycles. The van der Waals surface area contributed by atoms with E-state index in [0.29, 0.717) is 12.1 Å². The molecule has 1 fully saturated rings. The summed E-state index contributed by atoms with van der Waals surface area (Å²) in [5, 5.41) is 20.1. The van der Waals surface area contributed by atoms with Gasteiger partial charge in [0.05, 0.1) is 12.1 Å². The molecule has 2 aromatic heterocycles. The number of benzene rings is 1. The Balaban J connectivity index is 1.42. The van der Waals surface area contributed by atoms with Gasteiger partial charge < -0.3 is 19.8 Å². The highest BCUT2D eigenvalue weighted by Crippen LogP contribution is 2.23. The van der Waals surface area contributed by atoms with Gasteiger partial charge in [-0.3, -0.25) is 9.47 Å². The van der Waals surface area contributed by atoms with Crippen molar-refractivity contribution in [1.82, 2.24) is 14.5 Å². The number of hydrogen-bond acceptors (Lipinski definition) is 7. The first-order chi connectivity index (χ1) is 15.1. The van der Waals surface area contributed by atoms with E-state index in [1.54, 1.807) is 30.5 Å². The first-order valence-corrected chi connectivity index (χ1v) is 10.3. The lowest BCUT2D eigenvalue weighted by Crippen LogP contribution is -2.49. The molecule has 8 heteroatoms. The fraction of sp³-hybridized carbons (Fsp3) is 0.304. The van der Waals surface area contributed by atoms with Gasteiger partial charge in [0.1, 0.15) is 11.9 Å². The van der Waals surface area contributed by atoms with Crippen LogP contribution in [0.3, 0.4) is 0 Å². The average molecular weight is 422 g/mol. The molecule has 1 unspecified atom stereocenters. The number of aromatic hydroxyl groups is 2. The topological polar surface area (TPSA) is 91.1 Å². The largest absolute Gasteiger partial charge is 0.494 e. The van der Waals surface area contributed by atoms with Crippen LogP contribution in [0.15, 0.2) is 66.9 Å². The maximum atomic E-state index is 12.6. The number of hydrogen-bond donors (Lipinski definition) is 2. The molecular formula is C23H26N4O4. The molecule has 162 valence electrons. The molecular weight excluding hydrogens is 396 g/mol. The van der Waals surface area contributed by atoms with Crippen molar-refractivity contribution in [2.24, 2.45) is 0 Å². The zero-order valence-corrected chi connectivity index (χ0v) is 17.2. The lowest BCUT2D eigenvalue weighted by Gasteiger charge is -2.36. The van der Waals surface area contributed by atoms with Crippen molar-refractivity contribution in [2.45, 2.75) is 12.6 Å². The summed E-state index contributed by atoms with van der Waals surface area (Å²) in [4.78, 5) is 21.5. The van der Waals surface area contributed by atoms with Gasteiger partial charge in [0.25, 0.3) is 0 Å². The molecule has 1 atom stereocenters. The monoisotopic (exact) mass is 422 g/mol. The number of ether oxygens (including phenoxy) is 1. The predicted molar refractivity (Wildman–Crippen MR) is 116 cm³/mol. The number of rotatable bonds is 7. The molecule has 3 aromatic rings. The van der Waals surface area contributed by atoms with Gasteiger partial charge in [-0.15, -0.1) is 0 Å². The molecule has 8 nitrogen and oxygen atoms in total. The molecule has 0 saturated carbocycles. The molecule has 0 aliphatic carbocycles. The molecule has 31 heavy (non-hydrogen) atoms. The van der Waals surface area contributed by atoms with Crippen molar-refractivity contribution in [3.63, 3.8) is 0 Å². The van der Waals surface area contributed by atoms with Crippen molar-refractivity contribution in [3.8, 4) is 11.8 Å². The first kappa shape index (κ1) is 20.7. The highest BCUT2D eigenvalue weighted by atomic mass is 16.5.